The van der Waals surface area contributed by atoms with Crippen LogP contribution in [0.2, 0.25) is 0 Å². The molecule has 0 spiro atoms. The molecule has 0 fully saturated rings. The Labute approximate surface area is 151 Å². The van der Waals surface area contributed by atoms with E-state index in [4.69, 9.17) is 10.3 Å². The first-order chi connectivity index (χ1) is 12.1. The van der Waals surface area contributed by atoms with Crippen molar-refractivity contribution in [2.24, 2.45) is 10.2 Å². The van der Waals surface area contributed by atoms with Gasteiger partial charge in [-0.25, -0.2) is 12.6 Å². The van der Waals surface area contributed by atoms with Gasteiger partial charge in [0.2, 0.25) is 0 Å². The van der Waals surface area contributed by atoms with Gasteiger partial charge in [-0.1, -0.05) is 0 Å². The predicted octanol–water partition coefficient (Wildman–Crippen LogP) is 2.59. The molecule has 9 nitrogen and oxygen atoms in total. The molecule has 0 saturated carbocycles. The van der Waals surface area contributed by atoms with Crippen molar-refractivity contribution in [2.45, 2.75) is 11.8 Å². The number of benzene rings is 2. The molecule has 2 aromatic rings. The highest BCUT2D eigenvalue weighted by Crippen LogP contribution is 2.24. The summed E-state index contributed by atoms with van der Waals surface area (Å²) in [5.41, 5.74) is 8.21. The predicted molar refractivity (Wildman–Crippen MR) is 95.8 cm³/mol. The van der Waals surface area contributed by atoms with Crippen LogP contribution in [0.3, 0.4) is 0 Å². The lowest BCUT2D eigenvalue weighted by Gasteiger charge is -2.04. The second kappa shape index (κ2) is 7.91. The fraction of sp³-hybridized carbons (Fsp3) is 0.200. The third kappa shape index (κ3) is 5.88. The molecular formula is C15H17N3O6S2. The minimum absolute atomic E-state index is 0.0287. The zero-order chi connectivity index (χ0) is 19.4. The van der Waals surface area contributed by atoms with Crippen LogP contribution in [0.4, 0.5) is 17.1 Å². The molecule has 2 aromatic carbocycles. The molecule has 0 aliphatic rings. The maximum Gasteiger partial charge on any atom is 0.397 e. The first kappa shape index (κ1) is 20.0. The Kier molecular flexibility index (Phi) is 6.08. The first-order valence-corrected chi connectivity index (χ1v) is 10.3. The molecule has 0 aliphatic heterocycles. The average molecular weight is 399 g/mol. The summed E-state index contributed by atoms with van der Waals surface area (Å²) >= 11 is 0. The number of azo groups is 1. The van der Waals surface area contributed by atoms with Crippen LogP contribution in [0.25, 0.3) is 0 Å². The van der Waals surface area contributed by atoms with Gasteiger partial charge in [0.25, 0.3) is 0 Å². The van der Waals surface area contributed by atoms with Gasteiger partial charge in [0.1, 0.15) is 0 Å². The molecule has 0 aliphatic carbocycles. The van der Waals surface area contributed by atoms with E-state index in [1.165, 1.54) is 24.3 Å². The van der Waals surface area contributed by atoms with Crippen LogP contribution in [0, 0.1) is 6.92 Å². The summed E-state index contributed by atoms with van der Waals surface area (Å²) in [7, 11) is -8.44. The van der Waals surface area contributed by atoms with E-state index < -0.39 is 32.6 Å². The van der Waals surface area contributed by atoms with Crippen molar-refractivity contribution in [1.29, 1.82) is 0 Å². The maximum absolute atomic E-state index is 12.1. The summed E-state index contributed by atoms with van der Waals surface area (Å²) in [6, 6.07) is 10.8. The van der Waals surface area contributed by atoms with Crippen LogP contribution in [0.15, 0.2) is 57.6 Å². The fourth-order valence-electron chi connectivity index (χ4n) is 1.99. The van der Waals surface area contributed by atoms with Gasteiger partial charge in [0.15, 0.2) is 9.84 Å². The highest BCUT2D eigenvalue weighted by molar-refractivity contribution is 7.91. The average Bonchev–Trinajstić information content (AvgIpc) is 2.53. The number of nitrogen functional groups attached to an aromatic ring is 1. The topological polar surface area (TPSA) is 148 Å². The third-order valence-corrected chi connectivity index (χ3v) is 5.43. The van der Waals surface area contributed by atoms with Crippen LogP contribution < -0.4 is 5.73 Å². The van der Waals surface area contributed by atoms with Crippen molar-refractivity contribution in [2.75, 3.05) is 18.1 Å². The Bertz CT molecular complexity index is 1020. The maximum atomic E-state index is 12.1. The van der Waals surface area contributed by atoms with Crippen LogP contribution in [0.5, 0.6) is 0 Å². The number of aryl methyl sites for hydroxylation is 1. The number of hydrogen-bond donors (Lipinski definition) is 2. The van der Waals surface area contributed by atoms with Crippen molar-refractivity contribution in [3.8, 4) is 0 Å². The summed E-state index contributed by atoms with van der Waals surface area (Å²) in [5, 5.41) is 8.13. The molecule has 0 bridgehead atoms. The molecule has 0 unspecified atom stereocenters. The highest BCUT2D eigenvalue weighted by atomic mass is 32.3. The molecule has 140 valence electrons. The van der Waals surface area contributed by atoms with Gasteiger partial charge in [0, 0.05) is 5.69 Å². The van der Waals surface area contributed by atoms with Gasteiger partial charge in [-0.15, -0.1) is 0 Å². The van der Waals surface area contributed by atoms with Crippen LogP contribution in [-0.2, 0) is 24.4 Å². The van der Waals surface area contributed by atoms with Crippen LogP contribution in [0.1, 0.15) is 5.56 Å². The second-order valence-corrected chi connectivity index (χ2v) is 8.51. The second-order valence-electron chi connectivity index (χ2n) is 5.31. The van der Waals surface area contributed by atoms with E-state index in [1.807, 2.05) is 6.92 Å². The molecule has 2 rings (SSSR count). The van der Waals surface area contributed by atoms with Gasteiger partial charge in [-0.3, -0.25) is 4.55 Å². The van der Waals surface area contributed by atoms with Gasteiger partial charge in [0.05, 0.1) is 28.6 Å². The minimum atomic E-state index is -4.68. The lowest BCUT2D eigenvalue weighted by atomic mass is 10.2. The van der Waals surface area contributed by atoms with Gasteiger partial charge >= 0.3 is 10.4 Å². The SMILES string of the molecule is Cc1cc(N)ccc1N=Nc1ccc(S(=O)(=O)CCOS(=O)(=O)O)cc1. The standard InChI is InChI=1S/C15H17N3O6S2/c1-11-10-12(16)2-7-15(11)18-17-13-3-5-14(6-4-13)25(19,20)9-8-24-26(21,22)23/h2-7,10H,8-9,16H2,1H3,(H,21,22,23). The number of anilines is 1. The van der Waals surface area contributed by atoms with Crippen molar-refractivity contribution in [1.82, 2.24) is 0 Å². The van der Waals surface area contributed by atoms with E-state index in [9.17, 15) is 16.8 Å². The normalized spacial score (nSPS) is 12.5. The summed E-state index contributed by atoms with van der Waals surface area (Å²) in [6.07, 6.45) is 0. The Morgan fingerprint density at radius 2 is 1.69 bits per heavy atom. The van der Waals surface area contributed by atoms with E-state index in [-0.39, 0.29) is 4.90 Å². The van der Waals surface area contributed by atoms with Crippen molar-refractivity contribution < 1.29 is 25.6 Å². The number of rotatable bonds is 7. The number of sulfone groups is 1. The number of nitrogens with zero attached hydrogens (tertiary/aromatic N) is 2. The Hall–Kier alpha value is -2.34. The number of hydrogen-bond acceptors (Lipinski definition) is 8. The summed E-state index contributed by atoms with van der Waals surface area (Å²) in [4.78, 5) is -0.0287. The summed E-state index contributed by atoms with van der Waals surface area (Å²) < 4.78 is 57.5. The Balaban J connectivity index is 2.08. The zero-order valence-electron chi connectivity index (χ0n) is 13.7. The summed E-state index contributed by atoms with van der Waals surface area (Å²) in [5.74, 6) is -0.599. The Morgan fingerprint density at radius 1 is 1.04 bits per heavy atom. The lowest BCUT2D eigenvalue weighted by molar-refractivity contribution is 0.284. The van der Waals surface area contributed by atoms with E-state index in [1.54, 1.807) is 18.2 Å². The monoisotopic (exact) mass is 399 g/mol. The lowest BCUT2D eigenvalue weighted by Crippen LogP contribution is -2.15. The highest BCUT2D eigenvalue weighted by Gasteiger charge is 2.16. The molecule has 0 saturated heterocycles. The third-order valence-electron chi connectivity index (χ3n) is 3.27. The largest absolute Gasteiger partial charge is 0.399 e. The van der Waals surface area contributed by atoms with Gasteiger partial charge in [-0.05, 0) is 55.0 Å². The van der Waals surface area contributed by atoms with Crippen LogP contribution in [-0.4, -0.2) is 33.7 Å². The molecule has 11 heteroatoms. The quantitative estimate of drug-likeness (QED) is 0.413. The van der Waals surface area contributed by atoms with Gasteiger partial charge in [-0.2, -0.15) is 18.6 Å². The van der Waals surface area contributed by atoms with E-state index in [2.05, 4.69) is 14.4 Å². The van der Waals surface area contributed by atoms with E-state index in [0.29, 0.717) is 17.1 Å². The smallest absolute Gasteiger partial charge is 0.397 e. The molecule has 3 N–H and O–H groups in total. The van der Waals surface area contributed by atoms with Crippen molar-refractivity contribution in [3.05, 3.63) is 48.0 Å². The molecule has 0 amide bonds. The van der Waals surface area contributed by atoms with Crippen LogP contribution >= 0.6 is 0 Å². The number of nitrogens with two attached hydrogens (primary N) is 1. The molecule has 0 radical (unpaired) electrons. The fourth-order valence-corrected chi connectivity index (χ4v) is 3.48. The zero-order valence-corrected chi connectivity index (χ0v) is 15.4. The molecule has 0 atom stereocenters. The Morgan fingerprint density at radius 3 is 2.27 bits per heavy atom. The van der Waals surface area contributed by atoms with Gasteiger partial charge < -0.3 is 5.73 Å². The van der Waals surface area contributed by atoms with E-state index in [0.717, 1.165) is 5.56 Å². The van der Waals surface area contributed by atoms with E-state index >= 15 is 0 Å². The van der Waals surface area contributed by atoms with Crippen molar-refractivity contribution in [3.63, 3.8) is 0 Å². The molecule has 26 heavy (non-hydrogen) atoms. The molecule has 0 aromatic heterocycles. The first-order valence-electron chi connectivity index (χ1n) is 7.29. The van der Waals surface area contributed by atoms with Crippen molar-refractivity contribution >= 4 is 37.3 Å². The molecular weight excluding hydrogens is 382 g/mol. The molecule has 0 heterocycles. The minimum Gasteiger partial charge on any atom is -0.399 e. The summed E-state index contributed by atoms with van der Waals surface area (Å²) in [6.45, 7) is 1.16.